The molecule has 1 saturated carbocycles. The van der Waals surface area contributed by atoms with Crippen LogP contribution in [0.1, 0.15) is 39.5 Å². The Hall–Kier alpha value is -0.530. The van der Waals surface area contributed by atoms with Crippen molar-refractivity contribution in [3.05, 3.63) is 0 Å². The molecule has 2 unspecified atom stereocenters. The summed E-state index contributed by atoms with van der Waals surface area (Å²) in [6.45, 7) is 6.51. The lowest BCUT2D eigenvalue weighted by atomic mass is 10.0. The maximum absolute atomic E-state index is 12.1. The molecule has 0 bridgehead atoms. The first-order valence-electron chi connectivity index (χ1n) is 5.97. The lowest BCUT2D eigenvalue weighted by Gasteiger charge is -2.20. The predicted molar refractivity (Wildman–Crippen MR) is 56.9 cm³/mol. The summed E-state index contributed by atoms with van der Waals surface area (Å²) < 4.78 is 0. The van der Waals surface area contributed by atoms with E-state index >= 15 is 0 Å². The van der Waals surface area contributed by atoms with Gasteiger partial charge in [-0.05, 0) is 24.7 Å². The molecule has 2 atom stereocenters. The fourth-order valence-corrected chi connectivity index (χ4v) is 2.74. The van der Waals surface area contributed by atoms with Gasteiger partial charge in [-0.3, -0.25) is 4.79 Å². The fourth-order valence-electron chi connectivity index (χ4n) is 2.74. The third-order valence-corrected chi connectivity index (χ3v) is 4.00. The van der Waals surface area contributed by atoms with Gasteiger partial charge in [-0.15, -0.1) is 0 Å². The van der Waals surface area contributed by atoms with Gasteiger partial charge < -0.3 is 4.90 Å². The zero-order chi connectivity index (χ0) is 10.1. The highest BCUT2D eigenvalue weighted by Gasteiger charge is 2.33. The Morgan fingerprint density at radius 2 is 1.57 bits per heavy atom. The Balaban J connectivity index is 1.92. The number of carbonyl (C=O) groups is 1. The first-order valence-corrected chi connectivity index (χ1v) is 5.97. The molecule has 14 heavy (non-hydrogen) atoms. The molecule has 1 amide bonds. The number of likely N-dealkylation sites (tertiary alicyclic amines) is 1. The summed E-state index contributed by atoms with van der Waals surface area (Å²) in [7, 11) is 0. The third kappa shape index (κ3) is 1.79. The molecule has 1 saturated heterocycles. The van der Waals surface area contributed by atoms with E-state index in [1.165, 1.54) is 12.8 Å². The normalized spacial score (nSPS) is 34.0. The van der Waals surface area contributed by atoms with Gasteiger partial charge >= 0.3 is 0 Å². The van der Waals surface area contributed by atoms with Crippen LogP contribution in [-0.4, -0.2) is 23.9 Å². The van der Waals surface area contributed by atoms with Crippen molar-refractivity contribution in [1.29, 1.82) is 0 Å². The Morgan fingerprint density at radius 1 is 1.07 bits per heavy atom. The van der Waals surface area contributed by atoms with Gasteiger partial charge in [-0.25, -0.2) is 0 Å². The lowest BCUT2D eigenvalue weighted by Crippen LogP contribution is -2.33. The molecular formula is C12H21NO. The molecule has 0 aromatic carbocycles. The molecule has 0 radical (unpaired) electrons. The Kier molecular flexibility index (Phi) is 2.80. The van der Waals surface area contributed by atoms with E-state index in [4.69, 9.17) is 0 Å². The average molecular weight is 195 g/mol. The summed E-state index contributed by atoms with van der Waals surface area (Å²) in [5, 5.41) is 0. The summed E-state index contributed by atoms with van der Waals surface area (Å²) in [5.74, 6) is 2.20. The van der Waals surface area contributed by atoms with E-state index in [9.17, 15) is 4.79 Å². The smallest absolute Gasteiger partial charge is 0.225 e. The molecule has 0 spiro atoms. The molecule has 2 nitrogen and oxygen atoms in total. The van der Waals surface area contributed by atoms with E-state index in [0.29, 0.717) is 23.7 Å². The van der Waals surface area contributed by atoms with E-state index in [-0.39, 0.29) is 0 Å². The Morgan fingerprint density at radius 3 is 2.07 bits per heavy atom. The molecule has 0 aromatic heterocycles. The highest BCUT2D eigenvalue weighted by atomic mass is 16.2. The zero-order valence-corrected chi connectivity index (χ0v) is 9.33. The van der Waals surface area contributed by atoms with Crippen molar-refractivity contribution in [2.45, 2.75) is 39.5 Å². The molecular weight excluding hydrogens is 174 g/mol. The molecule has 1 aliphatic carbocycles. The van der Waals surface area contributed by atoms with Crippen LogP contribution < -0.4 is 0 Å². The standard InChI is InChI=1S/C12H21NO/c1-9-7-13(8-10(9)2)12(14)11-5-3-4-6-11/h9-11H,3-8H2,1-2H3. The number of rotatable bonds is 1. The van der Waals surface area contributed by atoms with Gasteiger partial charge in [-0.2, -0.15) is 0 Å². The highest BCUT2D eigenvalue weighted by Crippen LogP contribution is 2.30. The molecule has 2 fully saturated rings. The second kappa shape index (κ2) is 3.92. The lowest BCUT2D eigenvalue weighted by molar-refractivity contribution is -0.134. The van der Waals surface area contributed by atoms with Gasteiger partial charge in [0.2, 0.25) is 5.91 Å². The van der Waals surface area contributed by atoms with Gasteiger partial charge in [0.15, 0.2) is 0 Å². The Labute approximate surface area is 86.7 Å². The summed E-state index contributed by atoms with van der Waals surface area (Å²) in [6.07, 6.45) is 4.79. The van der Waals surface area contributed by atoms with Crippen LogP contribution in [0.4, 0.5) is 0 Å². The molecule has 1 aliphatic heterocycles. The first-order chi connectivity index (χ1) is 6.68. The van der Waals surface area contributed by atoms with Crippen molar-refractivity contribution >= 4 is 5.91 Å². The van der Waals surface area contributed by atoms with E-state index < -0.39 is 0 Å². The number of hydrogen-bond acceptors (Lipinski definition) is 1. The molecule has 0 N–H and O–H groups in total. The van der Waals surface area contributed by atoms with Crippen LogP contribution in [0.5, 0.6) is 0 Å². The van der Waals surface area contributed by atoms with Crippen LogP contribution in [0.15, 0.2) is 0 Å². The number of hydrogen-bond donors (Lipinski definition) is 0. The highest BCUT2D eigenvalue weighted by molar-refractivity contribution is 5.79. The minimum Gasteiger partial charge on any atom is -0.342 e. The molecule has 2 heteroatoms. The summed E-state index contributed by atoms with van der Waals surface area (Å²) in [4.78, 5) is 14.2. The van der Waals surface area contributed by atoms with Crippen LogP contribution >= 0.6 is 0 Å². The zero-order valence-electron chi connectivity index (χ0n) is 9.33. The maximum Gasteiger partial charge on any atom is 0.225 e. The molecule has 1 heterocycles. The molecule has 2 rings (SSSR count). The summed E-state index contributed by atoms with van der Waals surface area (Å²) in [5.41, 5.74) is 0. The van der Waals surface area contributed by atoms with Crippen molar-refractivity contribution < 1.29 is 4.79 Å². The molecule has 80 valence electrons. The summed E-state index contributed by atoms with van der Waals surface area (Å²) in [6, 6.07) is 0. The predicted octanol–water partition coefficient (Wildman–Crippen LogP) is 2.29. The Bertz CT molecular complexity index is 210. The van der Waals surface area contributed by atoms with E-state index in [0.717, 1.165) is 25.9 Å². The van der Waals surface area contributed by atoms with Crippen molar-refractivity contribution in [1.82, 2.24) is 4.90 Å². The maximum atomic E-state index is 12.1. The van der Waals surface area contributed by atoms with Gasteiger partial charge in [0.05, 0.1) is 0 Å². The topological polar surface area (TPSA) is 20.3 Å². The largest absolute Gasteiger partial charge is 0.342 e. The van der Waals surface area contributed by atoms with Gasteiger partial charge in [0, 0.05) is 19.0 Å². The number of nitrogens with zero attached hydrogens (tertiary/aromatic N) is 1. The minimum absolute atomic E-state index is 0.368. The fraction of sp³-hybridized carbons (Fsp3) is 0.917. The average Bonchev–Trinajstić information content (AvgIpc) is 2.76. The van der Waals surface area contributed by atoms with Crippen LogP contribution in [0.2, 0.25) is 0 Å². The third-order valence-electron chi connectivity index (χ3n) is 4.00. The van der Waals surface area contributed by atoms with Crippen LogP contribution in [-0.2, 0) is 4.79 Å². The van der Waals surface area contributed by atoms with Crippen molar-refractivity contribution in [2.24, 2.45) is 17.8 Å². The van der Waals surface area contributed by atoms with Crippen molar-refractivity contribution in [3.8, 4) is 0 Å². The van der Waals surface area contributed by atoms with E-state index in [2.05, 4.69) is 18.7 Å². The molecule has 0 aromatic rings. The molecule has 2 aliphatic rings. The van der Waals surface area contributed by atoms with E-state index in [1.807, 2.05) is 0 Å². The number of carbonyl (C=O) groups excluding carboxylic acids is 1. The van der Waals surface area contributed by atoms with Crippen molar-refractivity contribution in [3.63, 3.8) is 0 Å². The SMILES string of the molecule is CC1CN(C(=O)C2CCCC2)CC1C. The van der Waals surface area contributed by atoms with Gasteiger partial charge in [-0.1, -0.05) is 26.7 Å². The van der Waals surface area contributed by atoms with E-state index in [1.54, 1.807) is 0 Å². The van der Waals surface area contributed by atoms with Gasteiger partial charge in [0.1, 0.15) is 0 Å². The second-order valence-corrected chi connectivity index (χ2v) is 5.18. The van der Waals surface area contributed by atoms with Crippen LogP contribution in [0.3, 0.4) is 0 Å². The number of amides is 1. The minimum atomic E-state index is 0.368. The van der Waals surface area contributed by atoms with Crippen LogP contribution in [0, 0.1) is 17.8 Å². The first kappa shape index (κ1) is 10.0. The second-order valence-electron chi connectivity index (χ2n) is 5.18. The van der Waals surface area contributed by atoms with Gasteiger partial charge in [0.25, 0.3) is 0 Å². The monoisotopic (exact) mass is 195 g/mol. The van der Waals surface area contributed by atoms with Crippen LogP contribution in [0.25, 0.3) is 0 Å². The summed E-state index contributed by atoms with van der Waals surface area (Å²) >= 11 is 0. The van der Waals surface area contributed by atoms with Crippen molar-refractivity contribution in [2.75, 3.05) is 13.1 Å². The quantitative estimate of drug-likeness (QED) is 0.628.